The number of carbonyl (C=O) groups excluding carboxylic acids is 1. The fourth-order valence-electron chi connectivity index (χ4n) is 2.61. The Balaban J connectivity index is 2.08. The number of benzene rings is 1. The standard InChI is InChI=1S/C15H21FN2O3S/c1-17-8-9-18(15(19)7-10-22(2,20)21)11-14(17)12-5-3-4-6-13(12)16/h3-6,14H,7-11H2,1-2H3. The Morgan fingerprint density at radius 3 is 2.64 bits per heavy atom. The molecular formula is C15H21FN2O3S. The van der Waals surface area contributed by atoms with Gasteiger partial charge >= 0.3 is 0 Å². The minimum Gasteiger partial charge on any atom is -0.339 e. The second kappa shape index (κ2) is 6.75. The molecule has 0 aliphatic carbocycles. The van der Waals surface area contributed by atoms with Crippen molar-refractivity contribution in [3.63, 3.8) is 0 Å². The first-order chi connectivity index (χ1) is 10.3. The molecule has 22 heavy (non-hydrogen) atoms. The van der Waals surface area contributed by atoms with Crippen LogP contribution < -0.4 is 0 Å². The number of piperazine rings is 1. The second-order valence-corrected chi connectivity index (χ2v) is 8.00. The number of nitrogens with zero attached hydrogens (tertiary/aromatic N) is 2. The maximum atomic E-state index is 14.0. The van der Waals surface area contributed by atoms with E-state index in [1.54, 1.807) is 23.1 Å². The van der Waals surface area contributed by atoms with E-state index in [1.165, 1.54) is 6.07 Å². The number of hydrogen-bond acceptors (Lipinski definition) is 4. The predicted molar refractivity (Wildman–Crippen MR) is 82.7 cm³/mol. The maximum Gasteiger partial charge on any atom is 0.223 e. The molecule has 122 valence electrons. The SMILES string of the molecule is CN1CCN(C(=O)CCS(C)(=O)=O)CC1c1ccccc1F. The predicted octanol–water partition coefficient (Wildman–Crippen LogP) is 1.08. The normalized spacial score (nSPS) is 20.1. The van der Waals surface area contributed by atoms with Gasteiger partial charge in [-0.15, -0.1) is 0 Å². The fourth-order valence-corrected chi connectivity index (χ4v) is 3.16. The molecule has 1 saturated heterocycles. The van der Waals surface area contributed by atoms with Gasteiger partial charge in [0.25, 0.3) is 0 Å². The number of halogens is 1. The highest BCUT2D eigenvalue weighted by atomic mass is 32.2. The Hall–Kier alpha value is -1.47. The third-order valence-electron chi connectivity index (χ3n) is 3.95. The van der Waals surface area contributed by atoms with Crippen molar-refractivity contribution in [2.75, 3.05) is 38.7 Å². The molecule has 1 heterocycles. The van der Waals surface area contributed by atoms with Gasteiger partial charge in [-0.25, -0.2) is 12.8 Å². The largest absolute Gasteiger partial charge is 0.339 e. The number of hydrogen-bond donors (Lipinski definition) is 0. The van der Waals surface area contributed by atoms with Gasteiger partial charge in [0.05, 0.1) is 11.8 Å². The van der Waals surface area contributed by atoms with Crippen LogP contribution in [0.3, 0.4) is 0 Å². The Kier molecular flexibility index (Phi) is 5.18. The molecule has 0 aromatic heterocycles. The zero-order valence-corrected chi connectivity index (χ0v) is 13.6. The number of rotatable bonds is 4. The average molecular weight is 328 g/mol. The van der Waals surface area contributed by atoms with Crippen LogP contribution in [-0.2, 0) is 14.6 Å². The first kappa shape index (κ1) is 16.9. The van der Waals surface area contributed by atoms with Crippen LogP contribution in [-0.4, -0.2) is 62.8 Å². The van der Waals surface area contributed by atoms with E-state index in [-0.39, 0.29) is 29.9 Å². The lowest BCUT2D eigenvalue weighted by Gasteiger charge is -2.39. The van der Waals surface area contributed by atoms with E-state index in [9.17, 15) is 17.6 Å². The van der Waals surface area contributed by atoms with E-state index in [0.717, 1.165) is 6.26 Å². The summed E-state index contributed by atoms with van der Waals surface area (Å²) in [5.41, 5.74) is 0.561. The van der Waals surface area contributed by atoms with Gasteiger partial charge in [-0.05, 0) is 13.1 Å². The first-order valence-electron chi connectivity index (χ1n) is 7.18. The highest BCUT2D eigenvalue weighted by Gasteiger charge is 2.29. The van der Waals surface area contributed by atoms with Crippen molar-refractivity contribution in [1.82, 2.24) is 9.80 Å². The third-order valence-corrected chi connectivity index (χ3v) is 4.90. The topological polar surface area (TPSA) is 57.7 Å². The van der Waals surface area contributed by atoms with Crippen LogP contribution in [0.25, 0.3) is 0 Å². The van der Waals surface area contributed by atoms with Crippen molar-refractivity contribution in [2.24, 2.45) is 0 Å². The molecule has 1 aliphatic heterocycles. The summed E-state index contributed by atoms with van der Waals surface area (Å²) in [5, 5.41) is 0. The molecule has 0 bridgehead atoms. The molecule has 5 nitrogen and oxygen atoms in total. The highest BCUT2D eigenvalue weighted by molar-refractivity contribution is 7.90. The number of sulfone groups is 1. The summed E-state index contributed by atoms with van der Waals surface area (Å²) < 4.78 is 36.3. The van der Waals surface area contributed by atoms with Gasteiger partial charge in [0.1, 0.15) is 15.7 Å². The van der Waals surface area contributed by atoms with Crippen LogP contribution >= 0.6 is 0 Å². The molecular weight excluding hydrogens is 307 g/mol. The number of carbonyl (C=O) groups is 1. The molecule has 1 unspecified atom stereocenters. The Morgan fingerprint density at radius 1 is 1.32 bits per heavy atom. The molecule has 7 heteroatoms. The van der Waals surface area contributed by atoms with Crippen molar-refractivity contribution in [2.45, 2.75) is 12.5 Å². The van der Waals surface area contributed by atoms with Crippen LogP contribution in [0.5, 0.6) is 0 Å². The van der Waals surface area contributed by atoms with E-state index in [1.807, 2.05) is 11.9 Å². The Morgan fingerprint density at radius 2 is 2.00 bits per heavy atom. The van der Waals surface area contributed by atoms with E-state index >= 15 is 0 Å². The summed E-state index contributed by atoms with van der Waals surface area (Å²) in [5.74, 6) is -0.632. The van der Waals surface area contributed by atoms with Gasteiger partial charge in [0, 0.05) is 37.9 Å². The third kappa shape index (κ3) is 4.27. The monoisotopic (exact) mass is 328 g/mol. The smallest absolute Gasteiger partial charge is 0.223 e. The van der Waals surface area contributed by atoms with Crippen molar-refractivity contribution in [1.29, 1.82) is 0 Å². The van der Waals surface area contributed by atoms with E-state index in [4.69, 9.17) is 0 Å². The maximum absolute atomic E-state index is 14.0. The quantitative estimate of drug-likeness (QED) is 0.830. The van der Waals surface area contributed by atoms with E-state index in [0.29, 0.717) is 25.2 Å². The summed E-state index contributed by atoms with van der Waals surface area (Å²) in [4.78, 5) is 15.8. The van der Waals surface area contributed by atoms with Crippen LogP contribution in [0.4, 0.5) is 4.39 Å². The molecule has 1 fully saturated rings. The fraction of sp³-hybridized carbons (Fsp3) is 0.533. The summed E-state index contributed by atoms with van der Waals surface area (Å²) in [7, 11) is -1.26. The summed E-state index contributed by atoms with van der Waals surface area (Å²) >= 11 is 0. The van der Waals surface area contributed by atoms with Gasteiger partial charge in [-0.1, -0.05) is 18.2 Å². The minimum atomic E-state index is -3.16. The van der Waals surface area contributed by atoms with Crippen molar-refractivity contribution < 1.29 is 17.6 Å². The molecule has 1 atom stereocenters. The molecule has 0 saturated carbocycles. The van der Waals surface area contributed by atoms with E-state index in [2.05, 4.69) is 0 Å². The lowest BCUT2D eigenvalue weighted by molar-refractivity contribution is -0.133. The van der Waals surface area contributed by atoms with Gasteiger partial charge < -0.3 is 4.90 Å². The first-order valence-corrected chi connectivity index (χ1v) is 9.24. The highest BCUT2D eigenvalue weighted by Crippen LogP contribution is 2.26. The molecule has 1 aromatic rings. The van der Waals surface area contributed by atoms with Crippen LogP contribution in [0.1, 0.15) is 18.0 Å². The van der Waals surface area contributed by atoms with Crippen LogP contribution in [0.15, 0.2) is 24.3 Å². The van der Waals surface area contributed by atoms with Crippen molar-refractivity contribution in [3.8, 4) is 0 Å². The molecule has 1 amide bonds. The van der Waals surface area contributed by atoms with Gasteiger partial charge in [-0.3, -0.25) is 9.69 Å². The molecule has 1 aliphatic rings. The summed E-state index contributed by atoms with van der Waals surface area (Å²) in [6, 6.07) is 6.33. The second-order valence-electron chi connectivity index (χ2n) is 5.74. The van der Waals surface area contributed by atoms with Crippen LogP contribution in [0.2, 0.25) is 0 Å². The van der Waals surface area contributed by atoms with Gasteiger partial charge in [-0.2, -0.15) is 0 Å². The zero-order valence-electron chi connectivity index (χ0n) is 12.8. The van der Waals surface area contributed by atoms with Gasteiger partial charge in [0.2, 0.25) is 5.91 Å². The Labute approximate surface area is 130 Å². The average Bonchev–Trinajstić information content (AvgIpc) is 2.45. The molecule has 2 rings (SSSR count). The van der Waals surface area contributed by atoms with Gasteiger partial charge in [0.15, 0.2) is 0 Å². The molecule has 0 spiro atoms. The lowest BCUT2D eigenvalue weighted by Crippen LogP contribution is -2.49. The van der Waals surface area contributed by atoms with Crippen LogP contribution in [0, 0.1) is 5.82 Å². The van der Waals surface area contributed by atoms with E-state index < -0.39 is 9.84 Å². The summed E-state index contributed by atoms with van der Waals surface area (Å²) in [6.45, 7) is 1.54. The Bertz CT molecular complexity index is 648. The lowest BCUT2D eigenvalue weighted by atomic mass is 10.0. The summed E-state index contributed by atoms with van der Waals surface area (Å²) in [6.07, 6.45) is 1.10. The zero-order chi connectivity index (χ0) is 16.3. The number of likely N-dealkylation sites (N-methyl/N-ethyl adjacent to an activating group) is 1. The van der Waals surface area contributed by atoms with Crippen molar-refractivity contribution >= 4 is 15.7 Å². The minimum absolute atomic E-state index is 0.0213. The molecule has 0 N–H and O–H groups in total. The van der Waals surface area contributed by atoms with Crippen molar-refractivity contribution in [3.05, 3.63) is 35.6 Å². The molecule has 0 radical (unpaired) electrons. The molecule has 1 aromatic carbocycles. The number of amides is 1.